The van der Waals surface area contributed by atoms with E-state index in [0.29, 0.717) is 28.8 Å². The second-order valence-electron chi connectivity index (χ2n) is 7.18. The van der Waals surface area contributed by atoms with Crippen molar-refractivity contribution in [1.29, 1.82) is 0 Å². The van der Waals surface area contributed by atoms with Crippen molar-refractivity contribution < 1.29 is 14.3 Å². The van der Waals surface area contributed by atoms with Gasteiger partial charge in [0.2, 0.25) is 0 Å². The molecule has 7 nitrogen and oxygen atoms in total. The number of fused-ring (bicyclic) bond motifs is 1. The summed E-state index contributed by atoms with van der Waals surface area (Å²) in [5, 5.41) is 7.73. The third kappa shape index (κ3) is 4.45. The van der Waals surface area contributed by atoms with E-state index in [1.807, 2.05) is 51.1 Å². The summed E-state index contributed by atoms with van der Waals surface area (Å²) < 4.78 is 7.22. The van der Waals surface area contributed by atoms with Crippen LogP contribution in [0.4, 0.5) is 0 Å². The van der Waals surface area contributed by atoms with Gasteiger partial charge in [0, 0.05) is 18.2 Å². The lowest BCUT2D eigenvalue weighted by molar-refractivity contribution is -0.129. The van der Waals surface area contributed by atoms with Gasteiger partial charge in [-0.05, 0) is 33.3 Å². The average molecular weight is 394 g/mol. The van der Waals surface area contributed by atoms with Gasteiger partial charge in [0.1, 0.15) is 0 Å². The van der Waals surface area contributed by atoms with Gasteiger partial charge in [-0.25, -0.2) is 14.5 Å². The predicted octanol–water partition coefficient (Wildman–Crippen LogP) is 3.75. The van der Waals surface area contributed by atoms with E-state index in [-0.39, 0.29) is 11.9 Å². The van der Waals surface area contributed by atoms with Crippen LogP contribution in [0.15, 0.2) is 42.6 Å². The lowest BCUT2D eigenvalue weighted by Crippen LogP contribution is -2.36. The number of nitrogens with one attached hydrogen (secondary N) is 1. The van der Waals surface area contributed by atoms with Crippen molar-refractivity contribution in [3.63, 3.8) is 0 Å². The smallest absolute Gasteiger partial charge is 0.339 e. The molecule has 1 amide bonds. The molecule has 1 N–H and O–H groups in total. The second kappa shape index (κ2) is 8.86. The van der Waals surface area contributed by atoms with Crippen molar-refractivity contribution in [2.24, 2.45) is 0 Å². The van der Waals surface area contributed by atoms with Crippen LogP contribution in [-0.2, 0) is 9.53 Å². The number of hydrogen-bond acceptors (Lipinski definition) is 5. The maximum atomic E-state index is 12.9. The maximum absolute atomic E-state index is 12.9. The number of carbonyl (C=O) groups excluding carboxylic acids is 2. The zero-order valence-electron chi connectivity index (χ0n) is 17.2. The fraction of sp³-hybridized carbons (Fsp3) is 0.364. The van der Waals surface area contributed by atoms with E-state index in [0.717, 1.165) is 12.0 Å². The molecule has 0 fully saturated rings. The molecule has 0 radical (unpaired) electrons. The maximum Gasteiger partial charge on any atom is 0.339 e. The number of nitrogens with zero attached hydrogens (tertiary/aromatic N) is 3. The summed E-state index contributed by atoms with van der Waals surface area (Å²) in [6.45, 7) is 8.07. The molecule has 0 aliphatic carbocycles. The molecule has 7 heteroatoms. The standard InChI is InChI=1S/C22H26N4O3/c1-5-11-23-21(27)15(4)29-22(28)17-12-19(16-9-7-6-8-10-16)25-20-18(17)13-24-26(20)14(2)3/h6-10,12-15H,5,11H2,1-4H3,(H,23,27)/t15-/m0/s1. The van der Waals surface area contributed by atoms with Gasteiger partial charge in [-0.15, -0.1) is 0 Å². The van der Waals surface area contributed by atoms with Gasteiger partial charge in [-0.1, -0.05) is 37.3 Å². The summed E-state index contributed by atoms with van der Waals surface area (Å²) >= 11 is 0. The first kappa shape index (κ1) is 20.5. The number of aromatic nitrogens is 3. The summed E-state index contributed by atoms with van der Waals surface area (Å²) in [4.78, 5) is 29.8. The SMILES string of the molecule is CCCNC(=O)[C@H](C)OC(=O)c1cc(-c2ccccc2)nc2c1cnn2C(C)C. The van der Waals surface area contributed by atoms with Gasteiger partial charge < -0.3 is 10.1 Å². The highest BCUT2D eigenvalue weighted by atomic mass is 16.5. The lowest BCUT2D eigenvalue weighted by Gasteiger charge is -2.14. The molecule has 0 saturated carbocycles. The fourth-order valence-electron chi connectivity index (χ4n) is 2.99. The van der Waals surface area contributed by atoms with Crippen LogP contribution in [0.1, 0.15) is 50.5 Å². The number of hydrogen-bond donors (Lipinski definition) is 1. The van der Waals surface area contributed by atoms with E-state index in [2.05, 4.69) is 10.4 Å². The van der Waals surface area contributed by atoms with Crippen molar-refractivity contribution in [2.45, 2.75) is 46.3 Å². The van der Waals surface area contributed by atoms with Crippen LogP contribution in [0.5, 0.6) is 0 Å². The van der Waals surface area contributed by atoms with Crippen LogP contribution >= 0.6 is 0 Å². The van der Waals surface area contributed by atoms with Crippen LogP contribution in [0.2, 0.25) is 0 Å². The van der Waals surface area contributed by atoms with Gasteiger partial charge >= 0.3 is 5.97 Å². The van der Waals surface area contributed by atoms with Crippen LogP contribution in [0.3, 0.4) is 0 Å². The van der Waals surface area contributed by atoms with Gasteiger partial charge in [0.25, 0.3) is 5.91 Å². The van der Waals surface area contributed by atoms with Gasteiger partial charge in [-0.2, -0.15) is 5.10 Å². The molecule has 0 unspecified atom stereocenters. The van der Waals surface area contributed by atoms with E-state index >= 15 is 0 Å². The van der Waals surface area contributed by atoms with Crippen LogP contribution in [-0.4, -0.2) is 39.3 Å². The van der Waals surface area contributed by atoms with E-state index < -0.39 is 12.1 Å². The number of carbonyl (C=O) groups is 2. The predicted molar refractivity (Wildman–Crippen MR) is 112 cm³/mol. The fourth-order valence-corrected chi connectivity index (χ4v) is 2.99. The highest BCUT2D eigenvalue weighted by Gasteiger charge is 2.23. The van der Waals surface area contributed by atoms with Crippen LogP contribution in [0.25, 0.3) is 22.3 Å². The Labute approximate surface area is 170 Å². The number of rotatable bonds is 7. The molecule has 3 rings (SSSR count). The molecule has 3 aromatic rings. The number of ether oxygens (including phenoxy) is 1. The Morgan fingerprint density at radius 2 is 1.90 bits per heavy atom. The molecule has 152 valence electrons. The zero-order chi connectivity index (χ0) is 21.0. The van der Waals surface area contributed by atoms with Crippen molar-refractivity contribution in [3.8, 4) is 11.3 Å². The summed E-state index contributed by atoms with van der Waals surface area (Å²) in [6, 6.07) is 11.4. The largest absolute Gasteiger partial charge is 0.449 e. The van der Waals surface area contributed by atoms with Crippen molar-refractivity contribution in [3.05, 3.63) is 48.2 Å². The van der Waals surface area contributed by atoms with E-state index in [1.54, 1.807) is 23.9 Å². The number of pyridine rings is 1. The average Bonchev–Trinajstić information content (AvgIpc) is 3.16. The summed E-state index contributed by atoms with van der Waals surface area (Å²) in [5.74, 6) is -0.885. The van der Waals surface area contributed by atoms with E-state index in [4.69, 9.17) is 9.72 Å². The molecule has 0 bridgehead atoms. The molecule has 1 atom stereocenters. The monoisotopic (exact) mass is 394 g/mol. The molecule has 2 heterocycles. The molecule has 29 heavy (non-hydrogen) atoms. The highest BCUT2D eigenvalue weighted by Crippen LogP contribution is 2.27. The third-order valence-corrected chi connectivity index (χ3v) is 4.55. The van der Waals surface area contributed by atoms with E-state index in [1.165, 1.54) is 0 Å². The van der Waals surface area contributed by atoms with Crippen LogP contribution < -0.4 is 5.32 Å². The molecular weight excluding hydrogens is 368 g/mol. The minimum absolute atomic E-state index is 0.0774. The Hall–Kier alpha value is -3.22. The number of esters is 1. The lowest BCUT2D eigenvalue weighted by atomic mass is 10.1. The van der Waals surface area contributed by atoms with Gasteiger partial charge in [0.05, 0.1) is 22.8 Å². The molecule has 0 aliphatic heterocycles. The van der Waals surface area contributed by atoms with Gasteiger partial charge in [0.15, 0.2) is 11.8 Å². The summed E-state index contributed by atoms with van der Waals surface area (Å²) in [6.07, 6.45) is 1.54. The minimum Gasteiger partial charge on any atom is -0.449 e. The first-order valence-corrected chi connectivity index (χ1v) is 9.84. The number of amides is 1. The molecular formula is C22H26N4O3. The molecule has 1 aromatic carbocycles. The highest BCUT2D eigenvalue weighted by molar-refractivity contribution is 6.04. The number of benzene rings is 1. The molecule has 2 aromatic heterocycles. The third-order valence-electron chi connectivity index (χ3n) is 4.55. The Balaban J connectivity index is 2.01. The van der Waals surface area contributed by atoms with E-state index in [9.17, 15) is 9.59 Å². The topological polar surface area (TPSA) is 86.1 Å². The molecule has 0 aliphatic rings. The Kier molecular flexibility index (Phi) is 6.26. The second-order valence-corrected chi connectivity index (χ2v) is 7.18. The van der Waals surface area contributed by atoms with Crippen molar-refractivity contribution >= 4 is 22.9 Å². The van der Waals surface area contributed by atoms with Crippen molar-refractivity contribution in [2.75, 3.05) is 6.54 Å². The molecule has 0 saturated heterocycles. The van der Waals surface area contributed by atoms with Crippen LogP contribution in [0, 0.1) is 0 Å². The van der Waals surface area contributed by atoms with Gasteiger partial charge in [-0.3, -0.25) is 4.79 Å². The molecule has 0 spiro atoms. The first-order chi connectivity index (χ1) is 13.9. The van der Waals surface area contributed by atoms with Crippen molar-refractivity contribution in [1.82, 2.24) is 20.1 Å². The summed E-state index contributed by atoms with van der Waals surface area (Å²) in [5.41, 5.74) is 2.48. The quantitative estimate of drug-likeness (QED) is 0.617. The Morgan fingerprint density at radius 3 is 2.55 bits per heavy atom. The Bertz CT molecular complexity index is 1010. The normalized spacial score (nSPS) is 12.2. The Morgan fingerprint density at radius 1 is 1.17 bits per heavy atom. The minimum atomic E-state index is -0.891. The first-order valence-electron chi connectivity index (χ1n) is 9.84. The summed E-state index contributed by atoms with van der Waals surface area (Å²) in [7, 11) is 0. The zero-order valence-corrected chi connectivity index (χ0v) is 17.2.